The molecule has 1 aliphatic carbocycles. The van der Waals surface area contributed by atoms with E-state index in [1.807, 2.05) is 22.6 Å². The van der Waals surface area contributed by atoms with E-state index >= 15 is 0 Å². The summed E-state index contributed by atoms with van der Waals surface area (Å²) in [5.41, 5.74) is -0.123. The Morgan fingerprint density at radius 3 is 2.48 bits per heavy atom. The second-order valence-electron chi connectivity index (χ2n) is 6.74. The molecule has 0 aromatic heterocycles. The van der Waals surface area contributed by atoms with Gasteiger partial charge in [0.05, 0.1) is 9.17 Å². The lowest BCUT2D eigenvalue weighted by molar-refractivity contribution is -0.0233. The number of hydrogen-bond donors (Lipinski definition) is 3. The molecule has 0 atom stereocenters. The average molecular weight is 403 g/mol. The highest BCUT2D eigenvalue weighted by molar-refractivity contribution is 14.1. The van der Waals surface area contributed by atoms with Crippen molar-refractivity contribution in [1.82, 2.24) is 5.32 Å². The predicted molar refractivity (Wildman–Crippen MR) is 90.4 cm³/mol. The summed E-state index contributed by atoms with van der Waals surface area (Å²) in [5, 5.41) is 23.0. The molecule has 1 fully saturated rings. The number of amides is 1. The van der Waals surface area contributed by atoms with Gasteiger partial charge in [-0.3, -0.25) is 4.79 Å². The summed E-state index contributed by atoms with van der Waals surface area (Å²) in [4.78, 5) is 12.1. The average Bonchev–Trinajstić information content (AvgIpc) is 2.43. The molecule has 1 saturated carbocycles. The molecule has 21 heavy (non-hydrogen) atoms. The highest BCUT2D eigenvalue weighted by Gasteiger charge is 2.36. The zero-order valence-corrected chi connectivity index (χ0v) is 14.6. The van der Waals surface area contributed by atoms with E-state index in [4.69, 9.17) is 0 Å². The summed E-state index contributed by atoms with van der Waals surface area (Å²) in [5.74, 6) is -0.165. The molecule has 5 heteroatoms. The Hall–Kier alpha value is -0.820. The van der Waals surface area contributed by atoms with Crippen LogP contribution in [0.4, 0.5) is 0 Å². The van der Waals surface area contributed by atoms with Crippen LogP contribution in [0.3, 0.4) is 0 Å². The molecule has 3 N–H and O–H groups in total. The van der Waals surface area contributed by atoms with Gasteiger partial charge >= 0.3 is 0 Å². The highest BCUT2D eigenvalue weighted by Crippen LogP contribution is 2.39. The molecule has 1 aromatic carbocycles. The van der Waals surface area contributed by atoms with Crippen LogP contribution in [0, 0.1) is 8.99 Å². The number of rotatable bonds is 3. The standard InChI is InChI=1S/C16H22INO3/c1-15(2)5-7-16(21,8-6-15)10-18-14(20)11-3-4-12(17)13(19)9-11/h3-4,9,19,21H,5-8,10H2,1-2H3,(H,18,20). The van der Waals surface area contributed by atoms with Gasteiger partial charge in [-0.05, 0) is 71.9 Å². The minimum Gasteiger partial charge on any atom is -0.507 e. The SMILES string of the molecule is CC1(C)CCC(O)(CNC(=O)c2ccc(I)c(O)c2)CC1. The summed E-state index contributed by atoms with van der Waals surface area (Å²) < 4.78 is 0.706. The van der Waals surface area contributed by atoms with Crippen LogP contribution < -0.4 is 5.32 Å². The molecular weight excluding hydrogens is 381 g/mol. The van der Waals surface area contributed by atoms with E-state index in [1.54, 1.807) is 12.1 Å². The van der Waals surface area contributed by atoms with E-state index in [0.717, 1.165) is 12.8 Å². The van der Waals surface area contributed by atoms with Crippen molar-refractivity contribution in [1.29, 1.82) is 0 Å². The molecule has 0 bridgehead atoms. The van der Waals surface area contributed by atoms with Crippen molar-refractivity contribution >= 4 is 28.5 Å². The van der Waals surface area contributed by atoms with Gasteiger partial charge in [0.15, 0.2) is 0 Å². The van der Waals surface area contributed by atoms with Crippen LogP contribution in [-0.2, 0) is 0 Å². The summed E-state index contributed by atoms with van der Waals surface area (Å²) >= 11 is 2.00. The number of aliphatic hydroxyl groups is 1. The number of phenols is 1. The molecular formula is C16H22INO3. The summed E-state index contributed by atoms with van der Waals surface area (Å²) in [6, 6.07) is 4.82. The summed E-state index contributed by atoms with van der Waals surface area (Å²) in [7, 11) is 0. The Balaban J connectivity index is 1.93. The first-order valence-electron chi connectivity index (χ1n) is 7.20. The third-order valence-electron chi connectivity index (χ3n) is 4.32. The van der Waals surface area contributed by atoms with E-state index in [0.29, 0.717) is 22.0 Å². The number of aromatic hydroxyl groups is 1. The Morgan fingerprint density at radius 2 is 1.90 bits per heavy atom. The van der Waals surface area contributed by atoms with Crippen LogP contribution in [0.25, 0.3) is 0 Å². The molecule has 0 heterocycles. The van der Waals surface area contributed by atoms with Crippen molar-refractivity contribution < 1.29 is 15.0 Å². The van der Waals surface area contributed by atoms with E-state index in [9.17, 15) is 15.0 Å². The molecule has 2 rings (SSSR count). The molecule has 4 nitrogen and oxygen atoms in total. The minimum atomic E-state index is -0.809. The molecule has 0 saturated heterocycles. The number of phenolic OH excluding ortho intramolecular Hbond substituents is 1. The maximum absolute atomic E-state index is 12.1. The number of carbonyl (C=O) groups is 1. The Kier molecular flexibility index (Phi) is 4.82. The molecule has 0 spiro atoms. The summed E-state index contributed by atoms with van der Waals surface area (Å²) in [6.45, 7) is 4.67. The van der Waals surface area contributed by atoms with Crippen LogP contribution in [-0.4, -0.2) is 28.3 Å². The molecule has 1 aromatic rings. The van der Waals surface area contributed by atoms with Crippen LogP contribution >= 0.6 is 22.6 Å². The zero-order chi connectivity index (χ0) is 15.7. The number of carbonyl (C=O) groups excluding carboxylic acids is 1. The Labute approximate surface area is 139 Å². The van der Waals surface area contributed by atoms with Gasteiger partial charge in [0.1, 0.15) is 5.75 Å². The third-order valence-corrected chi connectivity index (χ3v) is 5.23. The lowest BCUT2D eigenvalue weighted by Gasteiger charge is -2.40. The maximum atomic E-state index is 12.1. The van der Waals surface area contributed by atoms with Crippen LogP contribution in [0.2, 0.25) is 0 Å². The van der Waals surface area contributed by atoms with Gasteiger partial charge in [0.25, 0.3) is 5.91 Å². The first kappa shape index (κ1) is 16.5. The Morgan fingerprint density at radius 1 is 1.29 bits per heavy atom. The van der Waals surface area contributed by atoms with E-state index in [-0.39, 0.29) is 23.6 Å². The van der Waals surface area contributed by atoms with Gasteiger partial charge in [0.2, 0.25) is 0 Å². The molecule has 0 aliphatic heterocycles. The van der Waals surface area contributed by atoms with Gasteiger partial charge in [-0.1, -0.05) is 13.8 Å². The van der Waals surface area contributed by atoms with Crippen LogP contribution in [0.15, 0.2) is 18.2 Å². The van der Waals surface area contributed by atoms with Crippen LogP contribution in [0.1, 0.15) is 49.9 Å². The first-order chi connectivity index (χ1) is 9.71. The topological polar surface area (TPSA) is 69.6 Å². The predicted octanol–water partition coefficient (Wildman–Crippen LogP) is 3.06. The van der Waals surface area contributed by atoms with E-state index in [1.165, 1.54) is 6.07 Å². The van der Waals surface area contributed by atoms with Crippen molar-refractivity contribution in [3.8, 4) is 5.75 Å². The lowest BCUT2D eigenvalue weighted by Crippen LogP contribution is -2.46. The van der Waals surface area contributed by atoms with Gasteiger partial charge in [-0.15, -0.1) is 0 Å². The number of hydrogen-bond acceptors (Lipinski definition) is 3. The van der Waals surface area contributed by atoms with Gasteiger partial charge in [-0.25, -0.2) is 0 Å². The van der Waals surface area contributed by atoms with Crippen LogP contribution in [0.5, 0.6) is 5.75 Å². The quantitative estimate of drug-likeness (QED) is 0.680. The number of nitrogens with one attached hydrogen (secondary N) is 1. The second-order valence-corrected chi connectivity index (χ2v) is 7.90. The van der Waals surface area contributed by atoms with Crippen molar-refractivity contribution in [2.75, 3.05) is 6.54 Å². The molecule has 1 aliphatic rings. The number of benzene rings is 1. The second kappa shape index (κ2) is 6.12. The fourth-order valence-corrected chi connectivity index (χ4v) is 2.91. The Bertz CT molecular complexity index is 532. The van der Waals surface area contributed by atoms with Gasteiger partial charge < -0.3 is 15.5 Å². The fraction of sp³-hybridized carbons (Fsp3) is 0.562. The van der Waals surface area contributed by atoms with E-state index in [2.05, 4.69) is 19.2 Å². The third kappa shape index (κ3) is 4.32. The highest BCUT2D eigenvalue weighted by atomic mass is 127. The largest absolute Gasteiger partial charge is 0.507 e. The molecule has 0 unspecified atom stereocenters. The van der Waals surface area contributed by atoms with Crippen molar-refractivity contribution in [2.24, 2.45) is 5.41 Å². The fourth-order valence-electron chi connectivity index (χ4n) is 2.57. The normalized spacial score (nSPS) is 20.0. The van der Waals surface area contributed by atoms with Crippen molar-refractivity contribution in [3.05, 3.63) is 27.3 Å². The van der Waals surface area contributed by atoms with Gasteiger partial charge in [-0.2, -0.15) is 0 Å². The zero-order valence-electron chi connectivity index (χ0n) is 12.4. The van der Waals surface area contributed by atoms with E-state index < -0.39 is 5.60 Å². The smallest absolute Gasteiger partial charge is 0.251 e. The molecule has 1 amide bonds. The number of halogens is 1. The lowest BCUT2D eigenvalue weighted by atomic mass is 9.71. The monoisotopic (exact) mass is 403 g/mol. The maximum Gasteiger partial charge on any atom is 0.251 e. The first-order valence-corrected chi connectivity index (χ1v) is 8.28. The molecule has 0 radical (unpaired) electrons. The van der Waals surface area contributed by atoms with Crippen molar-refractivity contribution in [3.63, 3.8) is 0 Å². The van der Waals surface area contributed by atoms with Gasteiger partial charge in [0, 0.05) is 12.1 Å². The minimum absolute atomic E-state index is 0.0985. The molecule has 116 valence electrons. The summed E-state index contributed by atoms with van der Waals surface area (Å²) in [6.07, 6.45) is 3.34. The van der Waals surface area contributed by atoms with Crippen molar-refractivity contribution in [2.45, 2.75) is 45.1 Å².